The Morgan fingerprint density at radius 2 is 2.06 bits per heavy atom. The molecule has 0 bridgehead atoms. The minimum atomic E-state index is 0.389. The van der Waals surface area contributed by atoms with Gasteiger partial charge in [0.25, 0.3) is 0 Å². The van der Waals surface area contributed by atoms with Crippen LogP contribution in [0.4, 0.5) is 0 Å². The molecule has 0 radical (unpaired) electrons. The Bertz CT molecular complexity index is 199. The molecule has 0 aliphatic carbocycles. The van der Waals surface area contributed by atoms with Gasteiger partial charge in [-0.2, -0.15) is 0 Å². The van der Waals surface area contributed by atoms with Crippen molar-refractivity contribution in [1.29, 1.82) is 0 Å². The van der Waals surface area contributed by atoms with Crippen LogP contribution < -0.4 is 5.32 Å². The first-order chi connectivity index (χ1) is 8.81. The molecule has 0 saturated carbocycles. The molecule has 1 heterocycles. The van der Waals surface area contributed by atoms with E-state index in [1.807, 2.05) is 0 Å². The number of hydrogen-bond donors (Lipinski definition) is 1. The summed E-state index contributed by atoms with van der Waals surface area (Å²) in [4.78, 5) is 2.50. The van der Waals surface area contributed by atoms with Gasteiger partial charge in [-0.05, 0) is 19.5 Å². The van der Waals surface area contributed by atoms with E-state index < -0.39 is 0 Å². The van der Waals surface area contributed by atoms with Crippen LogP contribution in [0.3, 0.4) is 0 Å². The molecule has 108 valence electrons. The van der Waals surface area contributed by atoms with Gasteiger partial charge in [0.2, 0.25) is 0 Å². The highest BCUT2D eigenvalue weighted by Gasteiger charge is 2.26. The van der Waals surface area contributed by atoms with Crippen LogP contribution in [0.1, 0.15) is 52.9 Å². The van der Waals surface area contributed by atoms with Crippen LogP contribution in [0, 0.1) is 0 Å². The van der Waals surface area contributed by atoms with Crippen LogP contribution >= 0.6 is 0 Å². The number of hydrogen-bond acceptors (Lipinski definition) is 3. The second-order valence-corrected chi connectivity index (χ2v) is 5.32. The smallest absolute Gasteiger partial charge is 0.0855 e. The van der Waals surface area contributed by atoms with E-state index in [0.29, 0.717) is 12.1 Å². The topological polar surface area (TPSA) is 24.5 Å². The number of rotatable bonds is 9. The van der Waals surface area contributed by atoms with Crippen LogP contribution in [0.5, 0.6) is 0 Å². The largest absolute Gasteiger partial charge is 0.374 e. The van der Waals surface area contributed by atoms with Crippen molar-refractivity contribution < 1.29 is 4.74 Å². The SMILES string of the molecule is CCCCCCC(NCC)C1CN(CC)CCO1. The van der Waals surface area contributed by atoms with E-state index in [9.17, 15) is 0 Å². The van der Waals surface area contributed by atoms with Gasteiger partial charge in [0.1, 0.15) is 0 Å². The molecule has 2 atom stereocenters. The lowest BCUT2D eigenvalue weighted by atomic mass is 10.0. The molecule has 18 heavy (non-hydrogen) atoms. The van der Waals surface area contributed by atoms with Gasteiger partial charge in [-0.1, -0.05) is 46.5 Å². The molecule has 1 saturated heterocycles. The van der Waals surface area contributed by atoms with Gasteiger partial charge in [-0.25, -0.2) is 0 Å². The van der Waals surface area contributed by atoms with Crippen LogP contribution in [0.15, 0.2) is 0 Å². The van der Waals surface area contributed by atoms with E-state index in [2.05, 4.69) is 31.0 Å². The molecule has 1 aliphatic rings. The number of nitrogens with one attached hydrogen (secondary N) is 1. The van der Waals surface area contributed by atoms with Gasteiger partial charge >= 0.3 is 0 Å². The van der Waals surface area contributed by atoms with Gasteiger partial charge in [0.15, 0.2) is 0 Å². The monoisotopic (exact) mass is 256 g/mol. The Hall–Kier alpha value is -0.120. The molecule has 0 aromatic heterocycles. The van der Waals surface area contributed by atoms with Gasteiger partial charge in [-0.3, -0.25) is 4.90 Å². The summed E-state index contributed by atoms with van der Waals surface area (Å²) < 4.78 is 5.98. The number of ether oxygens (including phenoxy) is 1. The third-order valence-electron chi connectivity index (χ3n) is 3.91. The molecule has 0 aromatic carbocycles. The van der Waals surface area contributed by atoms with Crippen LogP contribution in [0.2, 0.25) is 0 Å². The van der Waals surface area contributed by atoms with Crippen molar-refractivity contribution in [2.45, 2.75) is 65.0 Å². The fraction of sp³-hybridized carbons (Fsp3) is 1.00. The summed E-state index contributed by atoms with van der Waals surface area (Å²) >= 11 is 0. The van der Waals surface area contributed by atoms with Crippen LogP contribution in [0.25, 0.3) is 0 Å². The summed E-state index contributed by atoms with van der Waals surface area (Å²) in [5, 5.41) is 3.62. The summed E-state index contributed by atoms with van der Waals surface area (Å²) in [7, 11) is 0. The van der Waals surface area contributed by atoms with Gasteiger partial charge < -0.3 is 10.1 Å². The lowest BCUT2D eigenvalue weighted by molar-refractivity contribution is -0.0462. The Balaban J connectivity index is 2.34. The number of likely N-dealkylation sites (N-methyl/N-ethyl adjacent to an activating group) is 2. The Labute approximate surface area is 113 Å². The van der Waals surface area contributed by atoms with Crippen molar-refractivity contribution in [3.63, 3.8) is 0 Å². The first-order valence-corrected chi connectivity index (χ1v) is 7.89. The fourth-order valence-corrected chi connectivity index (χ4v) is 2.73. The van der Waals surface area contributed by atoms with Crippen LogP contribution in [-0.2, 0) is 4.74 Å². The average molecular weight is 256 g/mol. The third-order valence-corrected chi connectivity index (χ3v) is 3.91. The standard InChI is InChI=1S/C15H32N2O/c1-4-7-8-9-10-14(16-5-2)15-13-17(6-3)11-12-18-15/h14-16H,4-13H2,1-3H3. The number of nitrogens with zero attached hydrogens (tertiary/aromatic N) is 1. The maximum atomic E-state index is 5.98. The molecule has 1 N–H and O–H groups in total. The maximum absolute atomic E-state index is 5.98. The summed E-state index contributed by atoms with van der Waals surface area (Å²) in [5.41, 5.74) is 0. The van der Waals surface area contributed by atoms with E-state index in [1.54, 1.807) is 0 Å². The van der Waals surface area contributed by atoms with E-state index in [1.165, 1.54) is 32.1 Å². The summed E-state index contributed by atoms with van der Waals surface area (Å²) in [6.45, 7) is 12.0. The van der Waals surface area contributed by atoms with E-state index >= 15 is 0 Å². The number of unbranched alkanes of at least 4 members (excludes halogenated alkanes) is 3. The van der Waals surface area contributed by atoms with Gasteiger partial charge in [0.05, 0.1) is 12.7 Å². The number of morpholine rings is 1. The third kappa shape index (κ3) is 5.68. The summed E-state index contributed by atoms with van der Waals surface area (Å²) in [5.74, 6) is 0. The van der Waals surface area contributed by atoms with Crippen molar-refractivity contribution in [1.82, 2.24) is 10.2 Å². The van der Waals surface area contributed by atoms with E-state index in [4.69, 9.17) is 4.74 Å². The second-order valence-electron chi connectivity index (χ2n) is 5.32. The first-order valence-electron chi connectivity index (χ1n) is 7.89. The highest BCUT2D eigenvalue weighted by molar-refractivity contribution is 4.82. The summed E-state index contributed by atoms with van der Waals surface area (Å²) in [6.07, 6.45) is 7.03. The van der Waals surface area contributed by atoms with E-state index in [-0.39, 0.29) is 0 Å². The Kier molecular flexibility index (Phi) is 8.64. The Morgan fingerprint density at radius 3 is 2.72 bits per heavy atom. The predicted molar refractivity (Wildman–Crippen MR) is 78.1 cm³/mol. The fourth-order valence-electron chi connectivity index (χ4n) is 2.73. The van der Waals surface area contributed by atoms with Gasteiger partial charge in [0, 0.05) is 19.1 Å². The molecule has 3 heteroatoms. The Morgan fingerprint density at radius 1 is 1.22 bits per heavy atom. The molecular formula is C15H32N2O. The van der Waals surface area contributed by atoms with Gasteiger partial charge in [-0.15, -0.1) is 0 Å². The molecular weight excluding hydrogens is 224 g/mol. The predicted octanol–water partition coefficient (Wildman–Crippen LogP) is 2.66. The molecule has 0 spiro atoms. The molecule has 0 amide bonds. The second kappa shape index (κ2) is 9.76. The van der Waals surface area contributed by atoms with Crippen molar-refractivity contribution in [3.8, 4) is 0 Å². The van der Waals surface area contributed by atoms with E-state index in [0.717, 1.165) is 32.8 Å². The zero-order chi connectivity index (χ0) is 13.2. The molecule has 1 aliphatic heterocycles. The molecule has 1 rings (SSSR count). The van der Waals surface area contributed by atoms with Crippen LogP contribution in [-0.4, -0.2) is 49.8 Å². The minimum Gasteiger partial charge on any atom is -0.374 e. The van der Waals surface area contributed by atoms with Crippen molar-refractivity contribution in [3.05, 3.63) is 0 Å². The zero-order valence-corrected chi connectivity index (χ0v) is 12.6. The highest BCUT2D eigenvalue weighted by Crippen LogP contribution is 2.14. The molecule has 2 unspecified atom stereocenters. The van der Waals surface area contributed by atoms with Crippen molar-refractivity contribution in [2.24, 2.45) is 0 Å². The lowest BCUT2D eigenvalue weighted by Crippen LogP contribution is -2.52. The highest BCUT2D eigenvalue weighted by atomic mass is 16.5. The first kappa shape index (κ1) is 15.9. The maximum Gasteiger partial charge on any atom is 0.0855 e. The van der Waals surface area contributed by atoms with Crippen molar-refractivity contribution >= 4 is 0 Å². The average Bonchev–Trinajstić information content (AvgIpc) is 2.42. The summed E-state index contributed by atoms with van der Waals surface area (Å²) in [6, 6.07) is 0.543. The quantitative estimate of drug-likeness (QED) is 0.642. The normalized spacial score (nSPS) is 23.2. The molecule has 3 nitrogen and oxygen atoms in total. The lowest BCUT2D eigenvalue weighted by Gasteiger charge is -2.37. The molecule has 0 aromatic rings. The van der Waals surface area contributed by atoms with Crippen molar-refractivity contribution in [2.75, 3.05) is 32.8 Å². The minimum absolute atomic E-state index is 0.389. The molecule has 1 fully saturated rings. The zero-order valence-electron chi connectivity index (χ0n) is 12.6.